The summed E-state index contributed by atoms with van der Waals surface area (Å²) in [5.74, 6) is -2.47. The van der Waals surface area contributed by atoms with Gasteiger partial charge in [0, 0.05) is 0 Å². The minimum Gasteiger partial charge on any atom is -0.465 e. The van der Waals surface area contributed by atoms with Gasteiger partial charge in [-0.2, -0.15) is 18.3 Å². The first-order valence-corrected chi connectivity index (χ1v) is 6.23. The topological polar surface area (TPSA) is 70.4 Å². The van der Waals surface area contributed by atoms with E-state index in [0.717, 1.165) is 14.2 Å². The molecule has 1 aromatic heterocycles. The van der Waals surface area contributed by atoms with Gasteiger partial charge in [0.15, 0.2) is 11.4 Å². The number of halogens is 3. The molecule has 0 spiro atoms. The van der Waals surface area contributed by atoms with Crippen molar-refractivity contribution in [1.29, 1.82) is 0 Å². The molecule has 122 valence electrons. The Morgan fingerprint density at radius 2 is 1.61 bits per heavy atom. The van der Waals surface area contributed by atoms with Crippen molar-refractivity contribution in [3.8, 4) is 5.69 Å². The lowest BCUT2D eigenvalue weighted by atomic mass is 10.1. The van der Waals surface area contributed by atoms with Crippen molar-refractivity contribution < 1.29 is 32.2 Å². The van der Waals surface area contributed by atoms with Gasteiger partial charge in [-0.05, 0) is 12.1 Å². The van der Waals surface area contributed by atoms with Gasteiger partial charge in [0.25, 0.3) is 0 Å². The van der Waals surface area contributed by atoms with E-state index in [-0.39, 0.29) is 5.69 Å². The van der Waals surface area contributed by atoms with E-state index < -0.39 is 35.1 Å². The van der Waals surface area contributed by atoms with Crippen molar-refractivity contribution in [2.75, 3.05) is 14.2 Å². The lowest BCUT2D eigenvalue weighted by Gasteiger charge is -2.07. The molecule has 0 radical (unpaired) electrons. The molecule has 0 unspecified atom stereocenters. The summed E-state index contributed by atoms with van der Waals surface area (Å²) in [4.78, 5) is 23.7. The lowest BCUT2D eigenvalue weighted by molar-refractivity contribution is -0.141. The van der Waals surface area contributed by atoms with Crippen LogP contribution < -0.4 is 0 Å². The summed E-state index contributed by atoms with van der Waals surface area (Å²) >= 11 is 0. The number of hydrogen-bond acceptors (Lipinski definition) is 5. The van der Waals surface area contributed by atoms with Gasteiger partial charge in [-0.1, -0.05) is 18.2 Å². The zero-order valence-corrected chi connectivity index (χ0v) is 12.0. The molecule has 0 aliphatic rings. The van der Waals surface area contributed by atoms with Gasteiger partial charge in [0.1, 0.15) is 5.56 Å². The number of benzene rings is 1. The van der Waals surface area contributed by atoms with Crippen LogP contribution in [0.25, 0.3) is 5.69 Å². The lowest BCUT2D eigenvalue weighted by Crippen LogP contribution is -2.17. The van der Waals surface area contributed by atoms with Crippen molar-refractivity contribution >= 4 is 11.9 Å². The Morgan fingerprint density at radius 3 is 2.09 bits per heavy atom. The van der Waals surface area contributed by atoms with E-state index in [0.29, 0.717) is 4.68 Å². The third-order valence-corrected chi connectivity index (χ3v) is 2.92. The monoisotopic (exact) mass is 328 g/mol. The van der Waals surface area contributed by atoms with Crippen molar-refractivity contribution in [2.45, 2.75) is 6.18 Å². The molecule has 0 aliphatic heterocycles. The SMILES string of the molecule is COC(=O)c1c(C(F)(F)F)nn(-c2ccccc2)c1C(=O)OC. The van der Waals surface area contributed by atoms with Crippen LogP contribution in [-0.2, 0) is 15.7 Å². The maximum Gasteiger partial charge on any atom is 0.436 e. The second-order valence-corrected chi connectivity index (χ2v) is 4.30. The highest BCUT2D eigenvalue weighted by molar-refractivity contribution is 6.03. The number of rotatable bonds is 3. The van der Waals surface area contributed by atoms with E-state index in [1.54, 1.807) is 18.2 Å². The fraction of sp³-hybridized carbons (Fsp3) is 0.214. The highest BCUT2D eigenvalue weighted by Gasteiger charge is 2.44. The van der Waals surface area contributed by atoms with Crippen LogP contribution in [0.5, 0.6) is 0 Å². The fourth-order valence-corrected chi connectivity index (χ4v) is 1.95. The molecule has 0 aliphatic carbocycles. The quantitative estimate of drug-likeness (QED) is 0.810. The van der Waals surface area contributed by atoms with Gasteiger partial charge in [-0.15, -0.1) is 0 Å². The molecule has 2 rings (SSSR count). The molecule has 9 heteroatoms. The molecule has 6 nitrogen and oxygen atoms in total. The highest BCUT2D eigenvalue weighted by atomic mass is 19.4. The number of nitrogens with zero attached hydrogens (tertiary/aromatic N) is 2. The number of hydrogen-bond donors (Lipinski definition) is 0. The Morgan fingerprint density at radius 1 is 1.04 bits per heavy atom. The van der Waals surface area contributed by atoms with E-state index in [1.165, 1.54) is 12.1 Å². The molecule has 0 bridgehead atoms. The zero-order chi connectivity index (χ0) is 17.2. The normalized spacial score (nSPS) is 11.2. The van der Waals surface area contributed by atoms with Gasteiger partial charge in [0.2, 0.25) is 0 Å². The number of para-hydroxylation sites is 1. The first-order chi connectivity index (χ1) is 10.8. The van der Waals surface area contributed by atoms with Crippen LogP contribution in [0, 0.1) is 0 Å². The van der Waals surface area contributed by atoms with E-state index in [1.807, 2.05) is 0 Å². The Kier molecular flexibility index (Phi) is 4.39. The maximum absolute atomic E-state index is 13.2. The second kappa shape index (κ2) is 6.11. The molecule has 0 fully saturated rings. The van der Waals surface area contributed by atoms with Gasteiger partial charge in [-0.25, -0.2) is 14.3 Å². The van der Waals surface area contributed by atoms with Crippen molar-refractivity contribution in [2.24, 2.45) is 0 Å². The second-order valence-electron chi connectivity index (χ2n) is 4.30. The number of methoxy groups -OCH3 is 2. The van der Waals surface area contributed by atoms with Gasteiger partial charge < -0.3 is 9.47 Å². The van der Waals surface area contributed by atoms with Crippen molar-refractivity contribution in [1.82, 2.24) is 9.78 Å². The summed E-state index contributed by atoms with van der Waals surface area (Å²) in [6.07, 6.45) is -4.95. The standard InChI is InChI=1S/C14H11F3N2O4/c1-22-12(20)9-10(13(21)23-2)19(8-6-4-3-5-7-8)18-11(9)14(15,16)17/h3-7H,1-2H3. The number of ether oxygens (including phenoxy) is 2. The summed E-state index contributed by atoms with van der Waals surface area (Å²) in [5, 5.41) is 3.38. The molecular formula is C14H11F3N2O4. The zero-order valence-electron chi connectivity index (χ0n) is 12.0. The predicted octanol–water partition coefficient (Wildman–Crippen LogP) is 2.46. The van der Waals surface area contributed by atoms with Gasteiger partial charge in [-0.3, -0.25) is 0 Å². The van der Waals surface area contributed by atoms with Crippen molar-refractivity contribution in [3.63, 3.8) is 0 Å². The minimum atomic E-state index is -4.95. The number of alkyl halides is 3. The number of esters is 2. The van der Waals surface area contributed by atoms with Gasteiger partial charge >= 0.3 is 18.1 Å². The molecule has 2 aromatic rings. The third kappa shape index (κ3) is 3.03. The van der Waals surface area contributed by atoms with Crippen LogP contribution in [0.4, 0.5) is 13.2 Å². The Hall–Kier alpha value is -2.84. The van der Waals surface area contributed by atoms with E-state index >= 15 is 0 Å². The van der Waals surface area contributed by atoms with Crippen LogP contribution in [-0.4, -0.2) is 35.9 Å². The summed E-state index contributed by atoms with van der Waals surface area (Å²) in [6.45, 7) is 0. The van der Waals surface area contributed by atoms with E-state index in [2.05, 4.69) is 14.6 Å². The average molecular weight is 328 g/mol. The average Bonchev–Trinajstić information content (AvgIpc) is 2.95. The molecule has 0 N–H and O–H groups in total. The molecule has 0 saturated carbocycles. The van der Waals surface area contributed by atoms with E-state index in [4.69, 9.17) is 0 Å². The summed E-state index contributed by atoms with van der Waals surface area (Å²) < 4.78 is 49.1. The molecule has 0 saturated heterocycles. The molecule has 1 aromatic carbocycles. The van der Waals surface area contributed by atoms with E-state index in [9.17, 15) is 22.8 Å². The summed E-state index contributed by atoms with van der Waals surface area (Å²) in [6, 6.07) is 7.59. The smallest absolute Gasteiger partial charge is 0.436 e. The summed E-state index contributed by atoms with van der Waals surface area (Å²) in [5.41, 5.74) is -3.00. The van der Waals surface area contributed by atoms with Crippen LogP contribution in [0.3, 0.4) is 0 Å². The number of aromatic nitrogens is 2. The van der Waals surface area contributed by atoms with Crippen LogP contribution >= 0.6 is 0 Å². The Labute approximate surface area is 128 Å². The molecule has 23 heavy (non-hydrogen) atoms. The number of carbonyl (C=O) groups is 2. The molecule has 0 atom stereocenters. The minimum absolute atomic E-state index is 0.161. The van der Waals surface area contributed by atoms with Crippen LogP contribution in [0.2, 0.25) is 0 Å². The first-order valence-electron chi connectivity index (χ1n) is 6.23. The third-order valence-electron chi connectivity index (χ3n) is 2.92. The van der Waals surface area contributed by atoms with Crippen LogP contribution in [0.15, 0.2) is 30.3 Å². The summed E-state index contributed by atoms with van der Waals surface area (Å²) in [7, 11) is 1.89. The predicted molar refractivity (Wildman–Crippen MR) is 71.2 cm³/mol. The largest absolute Gasteiger partial charge is 0.465 e. The van der Waals surface area contributed by atoms with Crippen LogP contribution in [0.1, 0.15) is 26.5 Å². The van der Waals surface area contributed by atoms with Gasteiger partial charge in [0.05, 0.1) is 19.9 Å². The maximum atomic E-state index is 13.2. The Balaban J connectivity index is 2.84. The molecule has 0 amide bonds. The molecule has 1 heterocycles. The number of carbonyl (C=O) groups excluding carboxylic acids is 2. The highest BCUT2D eigenvalue weighted by Crippen LogP contribution is 2.34. The Bertz CT molecular complexity index is 738. The first kappa shape index (κ1) is 16.5. The fourth-order valence-electron chi connectivity index (χ4n) is 1.95. The van der Waals surface area contributed by atoms with Crippen molar-refractivity contribution in [3.05, 3.63) is 47.3 Å². The molecular weight excluding hydrogens is 317 g/mol.